The van der Waals surface area contributed by atoms with E-state index in [0.29, 0.717) is 6.42 Å². The molecule has 0 bridgehead atoms. The first kappa shape index (κ1) is 15.2. The average molecular weight is 363 g/mol. The summed E-state index contributed by atoms with van der Waals surface area (Å²) in [4.78, 5) is 11.0. The minimum absolute atomic E-state index is 0.0290. The summed E-state index contributed by atoms with van der Waals surface area (Å²) in [5, 5.41) is 9.21. The lowest BCUT2D eigenvalue weighted by Crippen LogP contribution is -2.38. The Balaban J connectivity index is 3.09. The van der Waals surface area contributed by atoms with Gasteiger partial charge in [0, 0.05) is 16.1 Å². The van der Waals surface area contributed by atoms with Gasteiger partial charge in [-0.25, -0.2) is 4.79 Å². The number of ether oxygens (including phenoxy) is 1. The number of primary amides is 1. The molecule has 0 fully saturated rings. The first-order valence-corrected chi connectivity index (χ1v) is 6.80. The maximum absolute atomic E-state index is 11.0. The van der Waals surface area contributed by atoms with Gasteiger partial charge in [0.25, 0.3) is 0 Å². The highest BCUT2D eigenvalue weighted by atomic mass is 127. The first-order chi connectivity index (χ1) is 8.38. The Labute approximate surface area is 121 Å². The fourth-order valence-electron chi connectivity index (χ4n) is 2.09. The zero-order valence-electron chi connectivity index (χ0n) is 10.5. The number of benzene rings is 1. The fourth-order valence-corrected chi connectivity index (χ4v) is 2.86. The standard InChI is InChI=1S/C13H18INO3/c1-13(2,18-12(15)17)10(7-8-16)9-5-3-4-6-11(9)14/h3-6,10,16H,7-8H2,1-2H3,(H2,15,17)/t10-/m0/s1. The van der Waals surface area contributed by atoms with Crippen molar-refractivity contribution in [2.45, 2.75) is 31.8 Å². The molecule has 0 unspecified atom stereocenters. The van der Waals surface area contributed by atoms with Gasteiger partial charge in [-0.3, -0.25) is 0 Å². The number of hydrogen-bond acceptors (Lipinski definition) is 3. The summed E-state index contributed by atoms with van der Waals surface area (Å²) in [5.74, 6) is -0.0944. The molecule has 0 radical (unpaired) electrons. The van der Waals surface area contributed by atoms with E-state index in [-0.39, 0.29) is 12.5 Å². The molecule has 0 aliphatic carbocycles. The topological polar surface area (TPSA) is 72.5 Å². The Kier molecular flexibility index (Phi) is 5.40. The Morgan fingerprint density at radius 1 is 1.50 bits per heavy atom. The van der Waals surface area contributed by atoms with Crippen LogP contribution in [-0.4, -0.2) is 23.4 Å². The second-order valence-corrected chi connectivity index (χ2v) is 5.77. The third-order valence-electron chi connectivity index (χ3n) is 2.90. The normalized spacial score (nSPS) is 13.1. The van der Waals surface area contributed by atoms with Crippen LogP contribution < -0.4 is 5.73 Å². The molecule has 0 heterocycles. The number of aliphatic hydroxyl groups is 1. The smallest absolute Gasteiger partial charge is 0.405 e. The van der Waals surface area contributed by atoms with Gasteiger partial charge in [0.15, 0.2) is 0 Å². The lowest BCUT2D eigenvalue weighted by molar-refractivity contribution is 0.0169. The van der Waals surface area contributed by atoms with Crippen molar-refractivity contribution in [3.8, 4) is 0 Å². The quantitative estimate of drug-likeness (QED) is 0.790. The summed E-state index contributed by atoms with van der Waals surface area (Å²) in [6.07, 6.45) is -0.283. The van der Waals surface area contributed by atoms with Crippen LogP contribution in [0.3, 0.4) is 0 Å². The summed E-state index contributed by atoms with van der Waals surface area (Å²) in [6.45, 7) is 3.64. The van der Waals surface area contributed by atoms with Crippen molar-refractivity contribution in [3.63, 3.8) is 0 Å². The van der Waals surface area contributed by atoms with Crippen LogP contribution in [0, 0.1) is 3.57 Å². The maximum atomic E-state index is 11.0. The van der Waals surface area contributed by atoms with Crippen LogP contribution in [0.4, 0.5) is 4.79 Å². The van der Waals surface area contributed by atoms with Gasteiger partial charge in [-0.1, -0.05) is 18.2 Å². The van der Waals surface area contributed by atoms with Gasteiger partial charge in [-0.2, -0.15) is 0 Å². The van der Waals surface area contributed by atoms with Crippen LogP contribution in [0.5, 0.6) is 0 Å². The molecule has 1 atom stereocenters. The molecule has 1 rings (SSSR count). The molecule has 1 aromatic carbocycles. The fraction of sp³-hybridized carbons (Fsp3) is 0.462. The van der Waals surface area contributed by atoms with Gasteiger partial charge < -0.3 is 15.6 Å². The van der Waals surface area contributed by atoms with Crippen molar-refractivity contribution < 1.29 is 14.6 Å². The Hall–Kier alpha value is -0.820. The Bertz CT molecular complexity index is 420. The molecule has 3 N–H and O–H groups in total. The van der Waals surface area contributed by atoms with E-state index in [0.717, 1.165) is 9.13 Å². The number of rotatable bonds is 5. The number of carbonyl (C=O) groups excluding carboxylic acids is 1. The molecule has 0 saturated carbocycles. The van der Waals surface area contributed by atoms with Gasteiger partial charge in [0.1, 0.15) is 5.60 Å². The van der Waals surface area contributed by atoms with Crippen LogP contribution >= 0.6 is 22.6 Å². The van der Waals surface area contributed by atoms with E-state index >= 15 is 0 Å². The molecule has 0 saturated heterocycles. The maximum Gasteiger partial charge on any atom is 0.405 e. The Morgan fingerprint density at radius 2 is 2.11 bits per heavy atom. The summed E-state index contributed by atoms with van der Waals surface area (Å²) in [5.41, 5.74) is 5.40. The lowest BCUT2D eigenvalue weighted by Gasteiger charge is -2.34. The van der Waals surface area contributed by atoms with Crippen molar-refractivity contribution in [1.29, 1.82) is 0 Å². The van der Waals surface area contributed by atoms with Crippen molar-refractivity contribution in [2.75, 3.05) is 6.61 Å². The number of nitrogens with two attached hydrogens (primary N) is 1. The van der Waals surface area contributed by atoms with Gasteiger partial charge in [0.2, 0.25) is 0 Å². The highest BCUT2D eigenvalue weighted by Crippen LogP contribution is 2.36. The van der Waals surface area contributed by atoms with Crippen molar-refractivity contribution >= 4 is 28.7 Å². The number of hydrogen-bond donors (Lipinski definition) is 2. The molecule has 0 aliphatic heterocycles. The van der Waals surface area contributed by atoms with Crippen LogP contribution in [0.1, 0.15) is 31.7 Å². The van der Waals surface area contributed by atoms with E-state index in [1.165, 1.54) is 0 Å². The molecule has 0 aliphatic rings. The third kappa shape index (κ3) is 3.84. The second kappa shape index (κ2) is 6.38. The zero-order chi connectivity index (χ0) is 13.8. The van der Waals surface area contributed by atoms with Gasteiger partial charge in [0.05, 0.1) is 0 Å². The summed E-state index contributed by atoms with van der Waals surface area (Å²) >= 11 is 2.24. The van der Waals surface area contributed by atoms with Gasteiger partial charge in [-0.15, -0.1) is 0 Å². The highest BCUT2D eigenvalue weighted by Gasteiger charge is 2.34. The Morgan fingerprint density at radius 3 is 2.61 bits per heavy atom. The van der Waals surface area contributed by atoms with E-state index in [9.17, 15) is 9.90 Å². The first-order valence-electron chi connectivity index (χ1n) is 5.72. The highest BCUT2D eigenvalue weighted by molar-refractivity contribution is 14.1. The molecule has 0 spiro atoms. The van der Waals surface area contributed by atoms with E-state index < -0.39 is 11.7 Å². The van der Waals surface area contributed by atoms with Gasteiger partial charge >= 0.3 is 6.09 Å². The summed E-state index contributed by atoms with van der Waals surface area (Å²) in [7, 11) is 0. The number of amides is 1. The summed E-state index contributed by atoms with van der Waals surface area (Å²) in [6, 6.07) is 7.85. The SMILES string of the molecule is CC(C)(OC(N)=O)[C@@H](CCO)c1ccccc1I. The largest absolute Gasteiger partial charge is 0.443 e. The number of aliphatic hydroxyl groups excluding tert-OH is 1. The van der Waals surface area contributed by atoms with Gasteiger partial charge in [-0.05, 0) is 54.5 Å². The molecule has 5 heteroatoms. The third-order valence-corrected chi connectivity index (χ3v) is 3.88. The number of carbonyl (C=O) groups is 1. The van der Waals surface area contributed by atoms with Crippen molar-refractivity contribution in [2.24, 2.45) is 5.73 Å². The van der Waals surface area contributed by atoms with Crippen LogP contribution in [-0.2, 0) is 4.74 Å². The summed E-state index contributed by atoms with van der Waals surface area (Å²) < 4.78 is 6.26. The molecule has 18 heavy (non-hydrogen) atoms. The van der Waals surface area contributed by atoms with E-state index in [2.05, 4.69) is 22.6 Å². The monoisotopic (exact) mass is 363 g/mol. The van der Waals surface area contributed by atoms with E-state index in [1.54, 1.807) is 13.8 Å². The second-order valence-electron chi connectivity index (χ2n) is 4.61. The van der Waals surface area contributed by atoms with Crippen molar-refractivity contribution in [3.05, 3.63) is 33.4 Å². The predicted octanol–water partition coefficient (Wildman–Crippen LogP) is 2.63. The zero-order valence-corrected chi connectivity index (χ0v) is 12.7. The molecule has 100 valence electrons. The van der Waals surface area contributed by atoms with Crippen LogP contribution in [0.2, 0.25) is 0 Å². The van der Waals surface area contributed by atoms with E-state index in [4.69, 9.17) is 10.5 Å². The minimum Gasteiger partial charge on any atom is -0.443 e. The molecule has 1 amide bonds. The molecule has 0 aromatic heterocycles. The molecular weight excluding hydrogens is 345 g/mol. The predicted molar refractivity (Wildman–Crippen MR) is 78.4 cm³/mol. The average Bonchev–Trinajstić information content (AvgIpc) is 2.25. The lowest BCUT2D eigenvalue weighted by atomic mass is 9.82. The molecule has 1 aromatic rings. The van der Waals surface area contributed by atoms with E-state index in [1.807, 2.05) is 24.3 Å². The molecular formula is C13H18INO3. The minimum atomic E-state index is -0.797. The molecule has 4 nitrogen and oxygen atoms in total. The van der Waals surface area contributed by atoms with Crippen LogP contribution in [0.15, 0.2) is 24.3 Å². The number of halogens is 1. The van der Waals surface area contributed by atoms with Crippen molar-refractivity contribution in [1.82, 2.24) is 0 Å². The van der Waals surface area contributed by atoms with Crippen LogP contribution in [0.25, 0.3) is 0 Å².